The molecule has 0 fully saturated rings. The molecule has 8 heteroatoms. The van der Waals surface area contributed by atoms with Crippen molar-refractivity contribution < 1.29 is 38.2 Å². The summed E-state index contributed by atoms with van der Waals surface area (Å²) >= 11 is 0. The maximum Gasteiger partial charge on any atom is 0.362 e. The van der Waals surface area contributed by atoms with Crippen LogP contribution in [0.3, 0.4) is 0 Å². The van der Waals surface area contributed by atoms with Crippen LogP contribution in [-0.4, -0.2) is 80.6 Å². The van der Waals surface area contributed by atoms with Gasteiger partial charge >= 0.3 is 17.9 Å². The van der Waals surface area contributed by atoms with E-state index in [0.29, 0.717) is 12.8 Å². The lowest BCUT2D eigenvalue weighted by Crippen LogP contribution is -2.50. The molecular formula is C51H76NO7+. The third-order valence-electron chi connectivity index (χ3n) is 8.44. The standard InChI is InChI=1S/C51H75NO7/c1-6-8-10-12-14-16-18-20-22-24-25-26-28-29-31-33-35-37-39-41-49(53)58-46-47(45-57-44-43-48(51(55)56)52(3,4)5)59-50(54)42-40-38-36-34-32-30-27-23-21-19-17-15-13-11-9-7-2/h8-12,14-18,20-26,28-32,36,38,47-48H,6-7,13,19,27,33-35,37,39-46H2,1-5H3/p+1/b10-8+,11-9+,14-12+,17-15+,18-16+,22-20+,23-21+,25-24+,28-26+,31-29+,32-30+,38-36+. The molecule has 8 nitrogen and oxygen atoms in total. The quantitative estimate of drug-likeness (QED) is 0.0224. The number of rotatable bonds is 35. The Balaban J connectivity index is 4.62. The van der Waals surface area contributed by atoms with Gasteiger partial charge in [-0.3, -0.25) is 9.59 Å². The van der Waals surface area contributed by atoms with Crippen LogP contribution in [0.4, 0.5) is 0 Å². The highest BCUT2D eigenvalue weighted by Gasteiger charge is 2.31. The number of carbonyl (C=O) groups is 3. The van der Waals surface area contributed by atoms with E-state index in [1.165, 1.54) is 0 Å². The number of hydrogen-bond acceptors (Lipinski definition) is 6. The molecule has 0 aliphatic heterocycles. The largest absolute Gasteiger partial charge is 0.477 e. The van der Waals surface area contributed by atoms with Gasteiger partial charge in [-0.15, -0.1) is 0 Å². The van der Waals surface area contributed by atoms with E-state index in [9.17, 15) is 19.5 Å². The number of carboxylic acids is 1. The van der Waals surface area contributed by atoms with E-state index >= 15 is 0 Å². The molecule has 0 aromatic rings. The molecule has 0 aromatic heterocycles. The molecule has 0 saturated carbocycles. The fourth-order valence-electron chi connectivity index (χ4n) is 5.18. The third kappa shape index (κ3) is 38.5. The molecule has 326 valence electrons. The Hall–Kier alpha value is -4.79. The van der Waals surface area contributed by atoms with Crippen molar-refractivity contribution in [3.8, 4) is 0 Å². The molecule has 0 bridgehead atoms. The number of carboxylic acid groups (broad SMARTS) is 1. The highest BCUT2D eigenvalue weighted by molar-refractivity contribution is 5.72. The minimum absolute atomic E-state index is 0.00400. The van der Waals surface area contributed by atoms with Gasteiger partial charge in [0, 0.05) is 19.3 Å². The number of unbranched alkanes of at least 4 members (excludes halogenated alkanes) is 3. The molecule has 0 spiro atoms. The van der Waals surface area contributed by atoms with Gasteiger partial charge in [0.15, 0.2) is 12.1 Å². The minimum atomic E-state index is -0.902. The summed E-state index contributed by atoms with van der Waals surface area (Å²) in [6.45, 7) is 4.30. The van der Waals surface area contributed by atoms with Crippen LogP contribution in [0.5, 0.6) is 0 Å². The van der Waals surface area contributed by atoms with Crippen molar-refractivity contribution in [3.63, 3.8) is 0 Å². The number of allylic oxidation sites excluding steroid dienone is 24. The van der Waals surface area contributed by atoms with Crippen LogP contribution in [-0.2, 0) is 28.6 Å². The minimum Gasteiger partial charge on any atom is -0.477 e. The van der Waals surface area contributed by atoms with Crippen LogP contribution in [0.15, 0.2) is 146 Å². The first-order valence-corrected chi connectivity index (χ1v) is 21.5. The highest BCUT2D eigenvalue weighted by Crippen LogP contribution is 2.10. The molecular weight excluding hydrogens is 739 g/mol. The lowest BCUT2D eigenvalue weighted by Gasteiger charge is -2.31. The van der Waals surface area contributed by atoms with E-state index in [0.717, 1.165) is 57.8 Å². The normalized spacial score (nSPS) is 14.4. The number of nitrogens with zero attached hydrogens (tertiary/aromatic N) is 1. The van der Waals surface area contributed by atoms with Gasteiger partial charge in [-0.25, -0.2) is 4.79 Å². The number of likely N-dealkylation sites (N-methyl/N-ethyl adjacent to an activating group) is 1. The molecule has 2 unspecified atom stereocenters. The zero-order valence-electron chi connectivity index (χ0n) is 36.9. The number of ether oxygens (including phenoxy) is 3. The number of aliphatic carboxylic acids is 1. The first kappa shape index (κ1) is 54.2. The topological polar surface area (TPSA) is 99.1 Å². The van der Waals surface area contributed by atoms with Crippen LogP contribution in [0, 0.1) is 0 Å². The monoisotopic (exact) mass is 815 g/mol. The summed E-state index contributed by atoms with van der Waals surface area (Å²) in [5.41, 5.74) is 0. The van der Waals surface area contributed by atoms with Crippen molar-refractivity contribution in [3.05, 3.63) is 146 Å². The predicted molar refractivity (Wildman–Crippen MR) is 247 cm³/mol. The molecule has 0 rings (SSSR count). The van der Waals surface area contributed by atoms with E-state index in [-0.39, 0.29) is 49.5 Å². The second-order valence-electron chi connectivity index (χ2n) is 14.7. The van der Waals surface area contributed by atoms with Crippen LogP contribution >= 0.6 is 0 Å². The maximum atomic E-state index is 12.7. The molecule has 0 aliphatic carbocycles. The second-order valence-corrected chi connectivity index (χ2v) is 14.7. The summed E-state index contributed by atoms with van der Waals surface area (Å²) in [7, 11) is 5.46. The van der Waals surface area contributed by atoms with E-state index in [4.69, 9.17) is 14.2 Å². The first-order valence-electron chi connectivity index (χ1n) is 21.5. The van der Waals surface area contributed by atoms with E-state index in [1.807, 2.05) is 106 Å². The lowest BCUT2D eigenvalue weighted by atomic mass is 10.1. The Bertz CT molecular complexity index is 1460. The van der Waals surface area contributed by atoms with Gasteiger partial charge in [0.2, 0.25) is 0 Å². The van der Waals surface area contributed by atoms with Crippen molar-refractivity contribution in [1.29, 1.82) is 0 Å². The fraction of sp³-hybridized carbons (Fsp3) is 0.471. The summed E-state index contributed by atoms with van der Waals surface area (Å²) in [5.74, 6) is -1.66. The smallest absolute Gasteiger partial charge is 0.362 e. The van der Waals surface area contributed by atoms with E-state index in [1.54, 1.807) is 0 Å². The number of esters is 2. The average Bonchev–Trinajstić information content (AvgIpc) is 3.19. The van der Waals surface area contributed by atoms with Crippen molar-refractivity contribution in [2.24, 2.45) is 0 Å². The molecule has 0 saturated heterocycles. The third-order valence-corrected chi connectivity index (χ3v) is 8.44. The van der Waals surface area contributed by atoms with E-state index < -0.39 is 24.1 Å². The summed E-state index contributed by atoms with van der Waals surface area (Å²) in [5, 5.41) is 9.62. The summed E-state index contributed by atoms with van der Waals surface area (Å²) < 4.78 is 17.1. The van der Waals surface area contributed by atoms with Crippen molar-refractivity contribution in [2.45, 2.75) is 116 Å². The molecule has 0 heterocycles. The van der Waals surface area contributed by atoms with Crippen LogP contribution in [0.1, 0.15) is 104 Å². The number of carbonyl (C=O) groups excluding carboxylic acids is 2. The maximum absolute atomic E-state index is 12.7. The fourth-order valence-corrected chi connectivity index (χ4v) is 5.18. The van der Waals surface area contributed by atoms with Gasteiger partial charge < -0.3 is 23.8 Å². The Labute approximate surface area is 357 Å². The van der Waals surface area contributed by atoms with Crippen LogP contribution in [0.25, 0.3) is 0 Å². The van der Waals surface area contributed by atoms with Gasteiger partial charge in [0.05, 0.1) is 34.4 Å². The SMILES string of the molecule is CC/C=C/C=C/C=C/C=C/C=C/C=C/C=C/CCCCCC(=O)OCC(COCCC(C(=O)O)[N+](C)(C)C)OC(=O)CC/C=C/C/C=C/C/C=C/C/C=C/C/C=C/CC. The van der Waals surface area contributed by atoms with Crippen molar-refractivity contribution in [1.82, 2.24) is 0 Å². The molecule has 0 radical (unpaired) electrons. The average molecular weight is 815 g/mol. The molecule has 0 aromatic carbocycles. The van der Waals surface area contributed by atoms with Crippen molar-refractivity contribution >= 4 is 17.9 Å². The molecule has 1 N–H and O–H groups in total. The van der Waals surface area contributed by atoms with Crippen molar-refractivity contribution in [2.75, 3.05) is 41.0 Å². The summed E-state index contributed by atoms with van der Waals surface area (Å²) in [6.07, 6.45) is 59.0. The number of hydrogen-bond donors (Lipinski definition) is 1. The molecule has 59 heavy (non-hydrogen) atoms. The van der Waals surface area contributed by atoms with E-state index in [2.05, 4.69) is 74.6 Å². The first-order chi connectivity index (χ1) is 28.6. The van der Waals surface area contributed by atoms with Gasteiger partial charge in [0.1, 0.15) is 6.61 Å². The zero-order valence-corrected chi connectivity index (χ0v) is 36.9. The highest BCUT2D eigenvalue weighted by atomic mass is 16.6. The lowest BCUT2D eigenvalue weighted by molar-refractivity contribution is -0.887. The Morgan fingerprint density at radius 1 is 0.525 bits per heavy atom. The molecule has 0 amide bonds. The van der Waals surface area contributed by atoms with Gasteiger partial charge in [-0.05, 0) is 64.2 Å². The summed E-state index contributed by atoms with van der Waals surface area (Å²) in [6, 6.07) is -0.645. The predicted octanol–water partition coefficient (Wildman–Crippen LogP) is 11.8. The van der Waals surface area contributed by atoms with Gasteiger partial charge in [-0.2, -0.15) is 0 Å². The Kier molecular flexibility index (Phi) is 36.8. The Morgan fingerprint density at radius 2 is 1.02 bits per heavy atom. The second kappa shape index (κ2) is 40.0. The van der Waals surface area contributed by atoms with Crippen LogP contribution < -0.4 is 0 Å². The summed E-state index contributed by atoms with van der Waals surface area (Å²) in [4.78, 5) is 36.9. The van der Waals surface area contributed by atoms with Gasteiger partial charge in [-0.1, -0.05) is 166 Å². The zero-order chi connectivity index (χ0) is 43.5. The molecule has 2 atom stereocenters. The van der Waals surface area contributed by atoms with Gasteiger partial charge in [0.25, 0.3) is 0 Å². The number of quaternary nitrogens is 1. The molecule has 0 aliphatic rings. The Morgan fingerprint density at radius 3 is 1.53 bits per heavy atom. The van der Waals surface area contributed by atoms with Crippen LogP contribution in [0.2, 0.25) is 0 Å².